The molecule has 8 heteroatoms. The maximum Gasteiger partial charge on any atom is 0.355 e. The number of urea groups is 1. The third-order valence-corrected chi connectivity index (χ3v) is 2.93. The SMILES string of the molecule is O=C(NCc1nc(C(=O)O)cs1)Nc1ccccn1. The molecule has 2 aromatic rings. The number of aromatic nitrogens is 2. The number of amides is 2. The first-order chi connectivity index (χ1) is 9.15. The number of aromatic carboxylic acids is 1. The molecule has 0 saturated heterocycles. The molecular formula is C11H10N4O3S. The summed E-state index contributed by atoms with van der Waals surface area (Å²) in [6.07, 6.45) is 1.57. The van der Waals surface area contributed by atoms with Crippen molar-refractivity contribution in [3.05, 3.63) is 40.5 Å². The molecule has 0 spiro atoms. The van der Waals surface area contributed by atoms with Crippen molar-refractivity contribution in [1.82, 2.24) is 15.3 Å². The molecule has 0 atom stereocenters. The van der Waals surface area contributed by atoms with Crippen LogP contribution in [0.5, 0.6) is 0 Å². The van der Waals surface area contributed by atoms with Gasteiger partial charge in [0.1, 0.15) is 10.8 Å². The Morgan fingerprint density at radius 1 is 1.37 bits per heavy atom. The Morgan fingerprint density at radius 3 is 2.84 bits per heavy atom. The number of nitrogens with zero attached hydrogens (tertiary/aromatic N) is 2. The molecule has 2 amide bonds. The van der Waals surface area contributed by atoms with Crippen molar-refractivity contribution in [3.63, 3.8) is 0 Å². The van der Waals surface area contributed by atoms with Gasteiger partial charge in [-0.15, -0.1) is 11.3 Å². The van der Waals surface area contributed by atoms with Crippen LogP contribution < -0.4 is 10.6 Å². The second-order valence-corrected chi connectivity index (χ2v) is 4.40. The largest absolute Gasteiger partial charge is 0.476 e. The van der Waals surface area contributed by atoms with Crippen LogP contribution in [0.2, 0.25) is 0 Å². The number of rotatable bonds is 4. The lowest BCUT2D eigenvalue weighted by molar-refractivity contribution is 0.0691. The highest BCUT2D eigenvalue weighted by molar-refractivity contribution is 7.09. The quantitative estimate of drug-likeness (QED) is 0.787. The van der Waals surface area contributed by atoms with E-state index in [1.807, 2.05) is 0 Å². The molecule has 0 radical (unpaired) electrons. The molecule has 2 heterocycles. The van der Waals surface area contributed by atoms with Crippen molar-refractivity contribution in [2.75, 3.05) is 5.32 Å². The standard InChI is InChI=1S/C11H10N4O3S/c16-10(17)7-6-19-9(14-7)5-13-11(18)15-8-3-1-2-4-12-8/h1-4,6H,5H2,(H,16,17)(H2,12,13,15,18). The summed E-state index contributed by atoms with van der Waals surface area (Å²) in [5, 5.41) is 15.8. The molecule has 0 unspecified atom stereocenters. The summed E-state index contributed by atoms with van der Waals surface area (Å²) in [5.41, 5.74) is -0.0214. The summed E-state index contributed by atoms with van der Waals surface area (Å²) in [7, 11) is 0. The molecule has 0 aromatic carbocycles. The topological polar surface area (TPSA) is 104 Å². The fraction of sp³-hybridized carbons (Fsp3) is 0.0909. The van der Waals surface area contributed by atoms with Crippen LogP contribution in [-0.4, -0.2) is 27.1 Å². The number of nitrogens with one attached hydrogen (secondary N) is 2. The Balaban J connectivity index is 1.84. The number of pyridine rings is 1. The minimum atomic E-state index is -1.08. The van der Waals surface area contributed by atoms with Crippen molar-refractivity contribution >= 4 is 29.2 Å². The molecule has 7 nitrogen and oxygen atoms in total. The van der Waals surface area contributed by atoms with Crippen LogP contribution in [0, 0.1) is 0 Å². The Labute approximate surface area is 112 Å². The van der Waals surface area contributed by atoms with Crippen molar-refractivity contribution < 1.29 is 14.7 Å². The zero-order chi connectivity index (χ0) is 13.7. The first-order valence-corrected chi connectivity index (χ1v) is 6.16. The molecule has 98 valence electrons. The van der Waals surface area contributed by atoms with Crippen LogP contribution in [0.15, 0.2) is 29.8 Å². The Kier molecular flexibility index (Phi) is 4.04. The number of anilines is 1. The summed E-state index contributed by atoms with van der Waals surface area (Å²) in [6.45, 7) is 0.163. The van der Waals surface area contributed by atoms with Crippen LogP contribution in [0.25, 0.3) is 0 Å². The summed E-state index contributed by atoms with van der Waals surface area (Å²) in [5.74, 6) is -0.647. The van der Waals surface area contributed by atoms with Gasteiger partial charge >= 0.3 is 12.0 Å². The van der Waals surface area contributed by atoms with Gasteiger partial charge in [0.25, 0.3) is 0 Å². The van der Waals surface area contributed by atoms with Crippen LogP contribution >= 0.6 is 11.3 Å². The van der Waals surface area contributed by atoms with Crippen LogP contribution in [0.1, 0.15) is 15.5 Å². The zero-order valence-corrected chi connectivity index (χ0v) is 10.5. The van der Waals surface area contributed by atoms with Gasteiger partial charge in [-0.1, -0.05) is 6.07 Å². The molecule has 2 aromatic heterocycles. The predicted molar refractivity (Wildman–Crippen MR) is 69.2 cm³/mol. The molecule has 2 rings (SSSR count). The first-order valence-electron chi connectivity index (χ1n) is 5.29. The van der Waals surface area contributed by atoms with E-state index in [0.717, 1.165) is 0 Å². The minimum absolute atomic E-state index is 0.0214. The third-order valence-electron chi connectivity index (χ3n) is 2.08. The molecule has 3 N–H and O–H groups in total. The van der Waals surface area contributed by atoms with E-state index in [9.17, 15) is 9.59 Å². The van der Waals surface area contributed by atoms with Gasteiger partial charge in [0.05, 0.1) is 6.54 Å². The van der Waals surface area contributed by atoms with Gasteiger partial charge in [-0.05, 0) is 12.1 Å². The predicted octanol–water partition coefficient (Wildman–Crippen LogP) is 1.56. The Hall–Kier alpha value is -2.48. The van der Waals surface area contributed by atoms with Gasteiger partial charge in [0.15, 0.2) is 5.69 Å². The fourth-order valence-corrected chi connectivity index (χ4v) is 1.95. The normalized spacial score (nSPS) is 9.89. The van der Waals surface area contributed by atoms with E-state index in [2.05, 4.69) is 20.6 Å². The lowest BCUT2D eigenvalue weighted by Gasteiger charge is -2.04. The molecule has 0 aliphatic carbocycles. The molecule has 0 bridgehead atoms. The highest BCUT2D eigenvalue weighted by atomic mass is 32.1. The average molecular weight is 278 g/mol. The zero-order valence-electron chi connectivity index (χ0n) is 9.66. The summed E-state index contributed by atoms with van der Waals surface area (Å²) in [6, 6.07) is 4.73. The average Bonchev–Trinajstić information content (AvgIpc) is 2.86. The van der Waals surface area contributed by atoms with E-state index >= 15 is 0 Å². The molecule has 0 saturated carbocycles. The van der Waals surface area contributed by atoms with Crippen molar-refractivity contribution in [2.45, 2.75) is 6.54 Å². The minimum Gasteiger partial charge on any atom is -0.476 e. The van der Waals surface area contributed by atoms with Crippen molar-refractivity contribution in [2.24, 2.45) is 0 Å². The summed E-state index contributed by atoms with van der Waals surface area (Å²) in [4.78, 5) is 29.9. The Bertz CT molecular complexity index is 585. The number of hydrogen-bond donors (Lipinski definition) is 3. The Morgan fingerprint density at radius 2 is 2.21 bits per heavy atom. The third kappa shape index (κ3) is 3.75. The molecular weight excluding hydrogens is 268 g/mol. The summed E-state index contributed by atoms with van der Waals surface area (Å²) < 4.78 is 0. The van der Waals surface area contributed by atoms with E-state index < -0.39 is 12.0 Å². The number of carboxylic acid groups (broad SMARTS) is 1. The lowest BCUT2D eigenvalue weighted by atomic mass is 10.5. The van der Waals surface area contributed by atoms with Gasteiger partial charge in [-0.2, -0.15) is 0 Å². The smallest absolute Gasteiger partial charge is 0.355 e. The van der Waals surface area contributed by atoms with E-state index in [4.69, 9.17) is 5.11 Å². The maximum absolute atomic E-state index is 11.5. The van der Waals surface area contributed by atoms with E-state index in [1.54, 1.807) is 24.4 Å². The molecule has 0 fully saturated rings. The number of carboxylic acids is 1. The fourth-order valence-electron chi connectivity index (χ4n) is 1.24. The number of carbonyl (C=O) groups excluding carboxylic acids is 1. The van der Waals surface area contributed by atoms with E-state index in [1.165, 1.54) is 16.7 Å². The lowest BCUT2D eigenvalue weighted by Crippen LogP contribution is -2.28. The second-order valence-electron chi connectivity index (χ2n) is 3.45. The van der Waals surface area contributed by atoms with Crippen molar-refractivity contribution in [1.29, 1.82) is 0 Å². The van der Waals surface area contributed by atoms with Gasteiger partial charge in [0.2, 0.25) is 0 Å². The van der Waals surface area contributed by atoms with Crippen LogP contribution in [0.4, 0.5) is 10.6 Å². The number of thiazole rings is 1. The van der Waals surface area contributed by atoms with Gasteiger partial charge in [0, 0.05) is 11.6 Å². The number of carbonyl (C=O) groups is 2. The monoisotopic (exact) mass is 278 g/mol. The summed E-state index contributed by atoms with van der Waals surface area (Å²) >= 11 is 1.18. The van der Waals surface area contributed by atoms with Crippen LogP contribution in [0.3, 0.4) is 0 Å². The highest BCUT2D eigenvalue weighted by Gasteiger charge is 2.09. The van der Waals surface area contributed by atoms with E-state index in [-0.39, 0.29) is 12.2 Å². The van der Waals surface area contributed by atoms with Gasteiger partial charge in [-0.3, -0.25) is 5.32 Å². The first kappa shape index (κ1) is 13.0. The second kappa shape index (κ2) is 5.91. The van der Waals surface area contributed by atoms with Crippen LogP contribution in [-0.2, 0) is 6.54 Å². The molecule has 19 heavy (non-hydrogen) atoms. The van der Waals surface area contributed by atoms with Gasteiger partial charge < -0.3 is 10.4 Å². The maximum atomic E-state index is 11.5. The highest BCUT2D eigenvalue weighted by Crippen LogP contribution is 2.09. The van der Waals surface area contributed by atoms with Crippen molar-refractivity contribution in [3.8, 4) is 0 Å². The van der Waals surface area contributed by atoms with Gasteiger partial charge in [-0.25, -0.2) is 19.6 Å². The molecule has 0 aliphatic heterocycles. The van der Waals surface area contributed by atoms with E-state index in [0.29, 0.717) is 10.8 Å². The number of hydrogen-bond acceptors (Lipinski definition) is 5. The molecule has 0 aliphatic rings.